The third kappa shape index (κ3) is 1.68. The molecule has 3 atom stereocenters. The molecule has 0 aromatic carbocycles. The summed E-state index contributed by atoms with van der Waals surface area (Å²) in [5.74, 6) is -0.764. The quantitative estimate of drug-likeness (QED) is 0.609. The van der Waals surface area contributed by atoms with Crippen molar-refractivity contribution in [2.45, 2.75) is 35.8 Å². The molecule has 0 saturated carbocycles. The van der Waals surface area contributed by atoms with Gasteiger partial charge in [0, 0.05) is 19.0 Å². The van der Waals surface area contributed by atoms with Crippen LogP contribution in [0.5, 0.6) is 0 Å². The molecule has 0 bridgehead atoms. The Kier molecular flexibility index (Phi) is 3.12. The highest BCUT2D eigenvalue weighted by Gasteiger charge is 2.66. The van der Waals surface area contributed by atoms with Gasteiger partial charge in [-0.3, -0.25) is 9.36 Å². The number of carbonyl (C=O) groups is 1. The van der Waals surface area contributed by atoms with Crippen molar-refractivity contribution in [1.82, 2.24) is 4.90 Å². The zero-order chi connectivity index (χ0) is 13.0. The Morgan fingerprint density at radius 2 is 1.94 bits per heavy atom. The van der Waals surface area contributed by atoms with Gasteiger partial charge in [-0.1, -0.05) is 0 Å². The summed E-state index contributed by atoms with van der Waals surface area (Å²) in [5.41, 5.74) is 5.73. The molecule has 2 N–H and O–H groups in total. The van der Waals surface area contributed by atoms with Gasteiger partial charge in [0.2, 0.25) is 5.91 Å². The van der Waals surface area contributed by atoms with Crippen molar-refractivity contribution in [1.29, 1.82) is 0 Å². The highest BCUT2D eigenvalue weighted by atomic mass is 32.2. The van der Waals surface area contributed by atoms with E-state index in [9.17, 15) is 9.36 Å². The van der Waals surface area contributed by atoms with Crippen LogP contribution in [-0.2, 0) is 18.4 Å². The minimum atomic E-state index is -3.33. The summed E-state index contributed by atoms with van der Waals surface area (Å²) in [6, 6.07) is -0.508. The zero-order valence-electron chi connectivity index (χ0n) is 10.2. The van der Waals surface area contributed by atoms with Crippen LogP contribution < -0.4 is 5.73 Å². The first kappa shape index (κ1) is 13.4. The van der Waals surface area contributed by atoms with Gasteiger partial charge in [0.05, 0.1) is 0 Å². The Morgan fingerprint density at radius 1 is 1.41 bits per heavy atom. The number of rotatable bonds is 3. The number of carbonyl (C=O) groups excluding carboxylic acids is 1. The summed E-state index contributed by atoms with van der Waals surface area (Å²) in [4.78, 5) is 13.3. The molecule has 2 unspecified atom stereocenters. The van der Waals surface area contributed by atoms with E-state index in [2.05, 4.69) is 0 Å². The predicted molar refractivity (Wildman–Crippen MR) is 65.7 cm³/mol. The minimum absolute atomic E-state index is 0.124. The van der Waals surface area contributed by atoms with E-state index in [4.69, 9.17) is 14.8 Å². The number of nitrogens with two attached hydrogens (primary N) is 1. The lowest BCUT2D eigenvalue weighted by molar-refractivity contribution is -0.145. The van der Waals surface area contributed by atoms with E-state index in [0.717, 1.165) is 0 Å². The van der Waals surface area contributed by atoms with Gasteiger partial charge in [0.1, 0.15) is 17.2 Å². The molecule has 2 aliphatic heterocycles. The second-order valence-electron chi connectivity index (χ2n) is 4.66. The van der Waals surface area contributed by atoms with Crippen LogP contribution in [0.1, 0.15) is 13.8 Å². The Hall–Kier alpha value is -0.0700. The fraction of sp³-hybridized carbons (Fsp3) is 0.889. The first-order valence-corrected chi connectivity index (χ1v) is 7.74. The highest BCUT2D eigenvalue weighted by molar-refractivity contribution is 8.02. The maximum atomic E-state index is 12.5. The van der Waals surface area contributed by atoms with Gasteiger partial charge in [0.15, 0.2) is 0 Å². The van der Waals surface area contributed by atoms with Gasteiger partial charge in [-0.25, -0.2) is 0 Å². The van der Waals surface area contributed by atoms with E-state index < -0.39 is 24.2 Å². The van der Waals surface area contributed by atoms with Crippen molar-refractivity contribution in [3.8, 4) is 0 Å². The van der Waals surface area contributed by atoms with Gasteiger partial charge in [-0.2, -0.15) is 0 Å². The molecule has 2 fully saturated rings. The number of hydrogen-bond donors (Lipinski definition) is 1. The van der Waals surface area contributed by atoms with Crippen LogP contribution in [0.4, 0.5) is 0 Å². The normalized spacial score (nSPS) is 35.7. The topological polar surface area (TPSA) is 81.9 Å². The molecule has 0 aromatic heterocycles. The Bertz CT molecular complexity index is 394. The zero-order valence-corrected chi connectivity index (χ0v) is 12.0. The molecule has 0 aliphatic carbocycles. The van der Waals surface area contributed by atoms with Gasteiger partial charge < -0.3 is 19.7 Å². The molecule has 0 aromatic rings. The molecule has 1 amide bonds. The Labute approximate surface area is 105 Å². The molecule has 2 aliphatic rings. The summed E-state index contributed by atoms with van der Waals surface area (Å²) < 4.78 is 22.2. The van der Waals surface area contributed by atoms with Gasteiger partial charge in [-0.15, -0.1) is 11.8 Å². The highest BCUT2D eigenvalue weighted by Crippen LogP contribution is 2.66. The van der Waals surface area contributed by atoms with Gasteiger partial charge >= 0.3 is 7.60 Å². The van der Waals surface area contributed by atoms with Crippen molar-refractivity contribution in [3.63, 3.8) is 0 Å². The van der Waals surface area contributed by atoms with E-state index in [1.54, 1.807) is 16.7 Å². The third-order valence-electron chi connectivity index (χ3n) is 3.24. The van der Waals surface area contributed by atoms with Crippen LogP contribution in [0.3, 0.4) is 0 Å². The predicted octanol–water partition coefficient (Wildman–Crippen LogP) is 0.819. The second kappa shape index (κ2) is 3.96. The molecular formula is C9H17N2O4PS. The number of amides is 1. The number of fused-ring (bicyclic) bond motifs is 1. The van der Waals surface area contributed by atoms with E-state index in [1.165, 1.54) is 14.2 Å². The number of β-lactam (4-membered cyclic amide) rings is 1. The molecule has 17 heavy (non-hydrogen) atoms. The third-order valence-corrected chi connectivity index (χ3v) is 7.52. The van der Waals surface area contributed by atoms with Crippen LogP contribution >= 0.6 is 19.4 Å². The fourth-order valence-corrected chi connectivity index (χ4v) is 6.41. The van der Waals surface area contributed by atoms with E-state index in [-0.39, 0.29) is 11.3 Å². The summed E-state index contributed by atoms with van der Waals surface area (Å²) in [5, 5.41) is -0.124. The number of thioether (sulfide) groups is 1. The standard InChI is InChI=1S/C9H17N2O4PS/c1-9(2)8(16(13,14-3)15-4)11-6(12)5(10)7(11)17-9/h5,7-8H,10H2,1-4H3/t5?,7-,8?/m0/s1. The van der Waals surface area contributed by atoms with E-state index >= 15 is 0 Å². The van der Waals surface area contributed by atoms with Gasteiger partial charge in [0.25, 0.3) is 0 Å². The molecule has 2 heterocycles. The van der Waals surface area contributed by atoms with Crippen LogP contribution in [0.15, 0.2) is 0 Å². The van der Waals surface area contributed by atoms with Crippen LogP contribution in [0, 0.1) is 0 Å². The van der Waals surface area contributed by atoms with Crippen molar-refractivity contribution < 1.29 is 18.4 Å². The average Bonchev–Trinajstić information content (AvgIpc) is 2.57. The molecule has 2 rings (SSSR count). The van der Waals surface area contributed by atoms with Crippen LogP contribution in [0.25, 0.3) is 0 Å². The lowest BCUT2D eigenvalue weighted by Crippen LogP contribution is -2.67. The maximum absolute atomic E-state index is 12.5. The smallest absolute Gasteiger partial charge is 0.317 e. The summed E-state index contributed by atoms with van der Waals surface area (Å²) >= 11 is 1.54. The Balaban J connectivity index is 2.39. The first-order valence-electron chi connectivity index (χ1n) is 5.25. The molecule has 98 valence electrons. The molecule has 8 heteroatoms. The van der Waals surface area contributed by atoms with Gasteiger partial charge in [-0.05, 0) is 13.8 Å². The average molecular weight is 280 g/mol. The summed E-state index contributed by atoms with van der Waals surface area (Å²) in [6.45, 7) is 3.84. The lowest BCUT2D eigenvalue weighted by atomic mass is 10.1. The Morgan fingerprint density at radius 3 is 2.41 bits per heavy atom. The molecule has 0 radical (unpaired) electrons. The first-order chi connectivity index (χ1) is 7.78. The SMILES string of the molecule is COP(=O)(OC)C1N2C(=O)C(N)[C@@H]2SC1(C)C. The molecule has 6 nitrogen and oxygen atoms in total. The van der Waals surface area contributed by atoms with Crippen molar-refractivity contribution in [2.75, 3.05) is 14.2 Å². The largest absolute Gasteiger partial charge is 0.353 e. The molecule has 2 saturated heterocycles. The fourth-order valence-electron chi connectivity index (χ4n) is 2.41. The second-order valence-corrected chi connectivity index (χ2v) is 8.73. The maximum Gasteiger partial charge on any atom is 0.353 e. The molecule has 0 spiro atoms. The van der Waals surface area contributed by atoms with Crippen molar-refractivity contribution in [3.05, 3.63) is 0 Å². The minimum Gasteiger partial charge on any atom is -0.317 e. The molecular weight excluding hydrogens is 263 g/mol. The number of hydrogen-bond acceptors (Lipinski definition) is 6. The van der Waals surface area contributed by atoms with E-state index in [0.29, 0.717) is 0 Å². The summed E-state index contributed by atoms with van der Waals surface area (Å²) in [7, 11) is -0.656. The van der Waals surface area contributed by atoms with Crippen LogP contribution in [0.2, 0.25) is 0 Å². The number of nitrogens with zero attached hydrogens (tertiary/aromatic N) is 1. The summed E-state index contributed by atoms with van der Waals surface area (Å²) in [6.07, 6.45) is 0. The van der Waals surface area contributed by atoms with Crippen molar-refractivity contribution >= 4 is 25.3 Å². The lowest BCUT2D eigenvalue weighted by Gasteiger charge is -2.44. The van der Waals surface area contributed by atoms with Crippen LogP contribution in [-0.4, -0.2) is 47.0 Å². The van der Waals surface area contributed by atoms with Crippen molar-refractivity contribution in [2.24, 2.45) is 5.73 Å². The van der Waals surface area contributed by atoms with E-state index in [1.807, 2.05) is 13.8 Å². The monoisotopic (exact) mass is 280 g/mol.